The van der Waals surface area contributed by atoms with E-state index in [1.54, 1.807) is 0 Å². The van der Waals surface area contributed by atoms with Gasteiger partial charge in [-0.1, -0.05) is 12.1 Å². The number of hydrogen-bond donors (Lipinski definition) is 0. The van der Waals surface area contributed by atoms with Crippen molar-refractivity contribution in [3.8, 4) is 0 Å². The van der Waals surface area contributed by atoms with E-state index in [2.05, 4.69) is 17.9 Å². The van der Waals surface area contributed by atoms with E-state index in [-0.39, 0.29) is 5.54 Å². The maximum atomic E-state index is 12.1. The molecule has 2 nitrogen and oxygen atoms in total. The molecule has 1 fully saturated rings. The van der Waals surface area contributed by atoms with Crippen molar-refractivity contribution in [2.45, 2.75) is 25.3 Å². The second-order valence-corrected chi connectivity index (χ2v) is 4.12. The molecule has 0 unspecified atom stereocenters. The average molecular weight is 187 g/mol. The highest BCUT2D eigenvalue weighted by Crippen LogP contribution is 2.52. The van der Waals surface area contributed by atoms with Crippen molar-refractivity contribution < 1.29 is 4.79 Å². The molecule has 1 aliphatic carbocycles. The summed E-state index contributed by atoms with van der Waals surface area (Å²) >= 11 is 0. The summed E-state index contributed by atoms with van der Waals surface area (Å²) in [4.78, 5) is 14.4. The van der Waals surface area contributed by atoms with Gasteiger partial charge in [-0.3, -0.25) is 4.79 Å². The predicted molar refractivity (Wildman–Crippen MR) is 55.8 cm³/mol. The molecule has 0 aromatic heterocycles. The molecule has 0 bridgehead atoms. The van der Waals surface area contributed by atoms with Crippen LogP contribution in [0.15, 0.2) is 24.3 Å². The Morgan fingerprint density at radius 3 is 2.71 bits per heavy atom. The lowest BCUT2D eigenvalue weighted by molar-refractivity contribution is 0.0959. The van der Waals surface area contributed by atoms with Crippen molar-refractivity contribution in [1.82, 2.24) is 0 Å². The normalized spacial score (nSPS) is 21.5. The molecular weight excluding hydrogens is 174 g/mol. The van der Waals surface area contributed by atoms with Crippen molar-refractivity contribution in [3.63, 3.8) is 0 Å². The van der Waals surface area contributed by atoms with Gasteiger partial charge in [-0.25, -0.2) is 0 Å². The largest absolute Gasteiger partial charge is 0.358 e. The lowest BCUT2D eigenvalue weighted by Crippen LogP contribution is -2.37. The van der Waals surface area contributed by atoms with Gasteiger partial charge in [0.05, 0.1) is 0 Å². The van der Waals surface area contributed by atoms with Crippen LogP contribution in [-0.2, 0) is 0 Å². The molecule has 0 saturated heterocycles. The summed E-state index contributed by atoms with van der Waals surface area (Å²) in [5.41, 5.74) is 1.93. The first-order valence-corrected chi connectivity index (χ1v) is 5.21. The minimum atomic E-state index is -0.127. The van der Waals surface area contributed by atoms with Crippen molar-refractivity contribution in [2.24, 2.45) is 0 Å². The van der Waals surface area contributed by atoms with Crippen LogP contribution in [0, 0.1) is 0 Å². The first-order valence-electron chi connectivity index (χ1n) is 5.21. The Hall–Kier alpha value is -1.31. The van der Waals surface area contributed by atoms with Crippen LogP contribution in [0.1, 0.15) is 30.1 Å². The molecule has 0 N–H and O–H groups in total. The third-order valence-corrected chi connectivity index (χ3v) is 3.42. The van der Waals surface area contributed by atoms with Crippen molar-refractivity contribution in [1.29, 1.82) is 0 Å². The van der Waals surface area contributed by atoms with Crippen LogP contribution in [0.3, 0.4) is 0 Å². The Morgan fingerprint density at radius 2 is 2.07 bits per heavy atom. The van der Waals surface area contributed by atoms with Gasteiger partial charge in [0.1, 0.15) is 5.54 Å². The minimum Gasteiger partial charge on any atom is -0.358 e. The molecule has 0 amide bonds. The SMILES string of the molecule is CCN1c2ccccc2C(=O)C12CC2. The molecule has 1 heterocycles. The van der Waals surface area contributed by atoms with Gasteiger partial charge in [0.15, 0.2) is 5.78 Å². The van der Waals surface area contributed by atoms with Gasteiger partial charge in [0.2, 0.25) is 0 Å². The van der Waals surface area contributed by atoms with Crippen LogP contribution < -0.4 is 4.90 Å². The number of benzene rings is 1. The monoisotopic (exact) mass is 187 g/mol. The highest BCUT2D eigenvalue weighted by molar-refractivity contribution is 6.15. The maximum Gasteiger partial charge on any atom is 0.190 e. The predicted octanol–water partition coefficient (Wildman–Crippen LogP) is 2.24. The second kappa shape index (κ2) is 2.38. The molecule has 3 rings (SSSR count). The number of anilines is 1. The number of carbonyl (C=O) groups is 1. The Labute approximate surface area is 83.5 Å². The second-order valence-electron chi connectivity index (χ2n) is 4.12. The molecule has 14 heavy (non-hydrogen) atoms. The number of ketones is 1. The first kappa shape index (κ1) is 8.04. The van der Waals surface area contributed by atoms with Crippen molar-refractivity contribution in [3.05, 3.63) is 29.8 Å². The Kier molecular flexibility index (Phi) is 1.37. The van der Waals surface area contributed by atoms with Crippen LogP contribution >= 0.6 is 0 Å². The fourth-order valence-electron chi connectivity index (χ4n) is 2.59. The van der Waals surface area contributed by atoms with Crippen LogP contribution in [-0.4, -0.2) is 17.9 Å². The molecule has 1 aromatic carbocycles. The van der Waals surface area contributed by atoms with Crippen LogP contribution in [0.2, 0.25) is 0 Å². The topological polar surface area (TPSA) is 20.3 Å². The zero-order chi connectivity index (χ0) is 9.76. The first-order chi connectivity index (χ1) is 6.79. The summed E-state index contributed by atoms with van der Waals surface area (Å²) in [6.07, 6.45) is 2.07. The molecule has 2 heteroatoms. The van der Waals surface area contributed by atoms with Crippen molar-refractivity contribution in [2.75, 3.05) is 11.4 Å². The van der Waals surface area contributed by atoms with Gasteiger partial charge in [-0.05, 0) is 31.9 Å². The summed E-state index contributed by atoms with van der Waals surface area (Å²) in [5.74, 6) is 0.343. The van der Waals surface area contributed by atoms with Gasteiger partial charge < -0.3 is 4.90 Å². The van der Waals surface area contributed by atoms with Gasteiger partial charge in [0, 0.05) is 17.8 Å². The number of likely N-dealkylation sites (N-methyl/N-ethyl adjacent to an activating group) is 1. The highest BCUT2D eigenvalue weighted by Gasteiger charge is 2.58. The summed E-state index contributed by atoms with van der Waals surface area (Å²) in [6.45, 7) is 3.05. The van der Waals surface area contributed by atoms with Crippen LogP contribution in [0.5, 0.6) is 0 Å². The molecule has 0 atom stereocenters. The Balaban J connectivity index is 2.19. The molecule has 1 aliphatic heterocycles. The zero-order valence-corrected chi connectivity index (χ0v) is 8.29. The number of rotatable bonds is 1. The summed E-state index contributed by atoms with van der Waals surface area (Å²) < 4.78 is 0. The molecule has 1 spiro atoms. The van der Waals surface area contributed by atoms with Crippen LogP contribution in [0.25, 0.3) is 0 Å². The number of hydrogen-bond acceptors (Lipinski definition) is 2. The smallest absolute Gasteiger partial charge is 0.190 e. The molecule has 2 aliphatic rings. The van der Waals surface area contributed by atoms with E-state index in [1.165, 1.54) is 0 Å². The van der Waals surface area contributed by atoms with Crippen molar-refractivity contribution >= 4 is 11.5 Å². The van der Waals surface area contributed by atoms with E-state index in [1.807, 2.05) is 18.2 Å². The van der Waals surface area contributed by atoms with E-state index in [9.17, 15) is 4.79 Å². The third-order valence-electron chi connectivity index (χ3n) is 3.42. The fraction of sp³-hybridized carbons (Fsp3) is 0.417. The van der Waals surface area contributed by atoms with Gasteiger partial charge in [0.25, 0.3) is 0 Å². The average Bonchev–Trinajstić information content (AvgIpc) is 2.96. The minimum absolute atomic E-state index is 0.127. The van der Waals surface area contributed by atoms with Gasteiger partial charge in [-0.15, -0.1) is 0 Å². The van der Waals surface area contributed by atoms with Crippen LogP contribution in [0.4, 0.5) is 5.69 Å². The Bertz CT molecular complexity index is 407. The summed E-state index contributed by atoms with van der Waals surface area (Å²) in [6, 6.07) is 7.97. The lowest BCUT2D eigenvalue weighted by atomic mass is 10.1. The molecule has 72 valence electrons. The quantitative estimate of drug-likeness (QED) is 0.672. The molecule has 0 radical (unpaired) electrons. The third kappa shape index (κ3) is 0.746. The van der Waals surface area contributed by atoms with E-state index < -0.39 is 0 Å². The lowest BCUT2D eigenvalue weighted by Gasteiger charge is -2.24. The van der Waals surface area contributed by atoms with E-state index >= 15 is 0 Å². The molecular formula is C12H13NO. The molecule has 1 aromatic rings. The van der Waals surface area contributed by atoms with E-state index in [4.69, 9.17) is 0 Å². The summed E-state index contributed by atoms with van der Waals surface area (Å²) in [7, 11) is 0. The number of fused-ring (bicyclic) bond motifs is 1. The number of nitrogens with zero attached hydrogens (tertiary/aromatic N) is 1. The standard InChI is InChI=1S/C12H13NO/c1-2-13-10-6-4-3-5-9(10)11(14)12(13)7-8-12/h3-6H,2,7-8H2,1H3. The van der Waals surface area contributed by atoms with E-state index in [0.29, 0.717) is 5.78 Å². The maximum absolute atomic E-state index is 12.1. The zero-order valence-electron chi connectivity index (χ0n) is 8.29. The summed E-state index contributed by atoms with van der Waals surface area (Å²) in [5, 5.41) is 0. The van der Waals surface area contributed by atoms with Gasteiger partial charge in [-0.2, -0.15) is 0 Å². The molecule has 1 saturated carbocycles. The fourth-order valence-corrected chi connectivity index (χ4v) is 2.59. The Morgan fingerprint density at radius 1 is 1.36 bits per heavy atom. The number of Topliss-reactive ketones (excluding diaryl/α,β-unsaturated/α-hetero) is 1. The number of para-hydroxylation sites is 1. The van der Waals surface area contributed by atoms with Gasteiger partial charge >= 0.3 is 0 Å². The highest BCUT2D eigenvalue weighted by atomic mass is 16.1. The number of carbonyl (C=O) groups excluding carboxylic acids is 1. The van der Waals surface area contributed by atoms with E-state index in [0.717, 1.165) is 30.6 Å².